The van der Waals surface area contributed by atoms with Gasteiger partial charge in [-0.15, -0.1) is 0 Å². The van der Waals surface area contributed by atoms with Crippen LogP contribution in [0, 0.1) is 0 Å². The van der Waals surface area contributed by atoms with Crippen LogP contribution in [0.2, 0.25) is 0 Å². The second-order valence-corrected chi connectivity index (χ2v) is 4.95. The second kappa shape index (κ2) is 7.35. The van der Waals surface area contributed by atoms with Crippen LogP contribution in [0.4, 0.5) is 5.69 Å². The Bertz CT molecular complexity index is 718. The van der Waals surface area contributed by atoms with E-state index in [-0.39, 0.29) is 11.7 Å². The molecule has 0 saturated carbocycles. The normalized spacial score (nSPS) is 10.0. The molecule has 0 saturated heterocycles. The zero-order valence-electron chi connectivity index (χ0n) is 13.0. The number of hydrogen-bond donors (Lipinski definition) is 1. The number of ether oxygens (including phenoxy) is 1. The number of benzene rings is 2. The predicted octanol–water partition coefficient (Wildman–Crippen LogP) is 3.46. The quantitative estimate of drug-likeness (QED) is 0.521. The van der Waals surface area contributed by atoms with Gasteiger partial charge in [-0.2, -0.15) is 0 Å². The molecule has 1 N–H and O–H groups in total. The van der Waals surface area contributed by atoms with E-state index in [9.17, 15) is 14.4 Å². The number of rotatable bonds is 5. The first-order chi connectivity index (χ1) is 11.0. The summed E-state index contributed by atoms with van der Waals surface area (Å²) >= 11 is 0. The van der Waals surface area contributed by atoms with Crippen molar-refractivity contribution >= 4 is 23.3 Å². The molecule has 0 radical (unpaired) electrons. The highest BCUT2D eigenvalue weighted by atomic mass is 16.5. The first-order valence-electron chi connectivity index (χ1n) is 7.22. The lowest BCUT2D eigenvalue weighted by atomic mass is 10.1. The van der Waals surface area contributed by atoms with E-state index in [0.717, 1.165) is 0 Å². The van der Waals surface area contributed by atoms with Crippen LogP contribution in [0.25, 0.3) is 0 Å². The van der Waals surface area contributed by atoms with Gasteiger partial charge in [0.05, 0.1) is 5.56 Å². The molecule has 0 aromatic heterocycles. The fraction of sp³-hybridized carbons (Fsp3) is 0.167. The van der Waals surface area contributed by atoms with Gasteiger partial charge in [-0.1, -0.05) is 6.92 Å². The molecule has 2 aromatic rings. The van der Waals surface area contributed by atoms with E-state index < -0.39 is 5.97 Å². The molecule has 0 bridgehead atoms. The summed E-state index contributed by atoms with van der Waals surface area (Å²) in [5.41, 5.74) is 1.57. The lowest BCUT2D eigenvalue weighted by Gasteiger charge is -2.06. The summed E-state index contributed by atoms with van der Waals surface area (Å²) in [6.45, 7) is 3.20. The van der Waals surface area contributed by atoms with E-state index in [1.54, 1.807) is 55.5 Å². The molecular formula is C18H17NO4. The Morgan fingerprint density at radius 1 is 0.913 bits per heavy atom. The lowest BCUT2D eigenvalue weighted by molar-refractivity contribution is -0.114. The van der Waals surface area contributed by atoms with E-state index >= 15 is 0 Å². The number of carbonyl (C=O) groups is 3. The monoisotopic (exact) mass is 311 g/mol. The Kier molecular flexibility index (Phi) is 5.25. The van der Waals surface area contributed by atoms with Crippen LogP contribution in [0.15, 0.2) is 48.5 Å². The summed E-state index contributed by atoms with van der Waals surface area (Å²) in [4.78, 5) is 34.5. The van der Waals surface area contributed by atoms with E-state index in [4.69, 9.17) is 4.74 Å². The minimum Gasteiger partial charge on any atom is -0.423 e. The van der Waals surface area contributed by atoms with Crippen LogP contribution in [-0.2, 0) is 4.79 Å². The molecule has 0 aliphatic carbocycles. The summed E-state index contributed by atoms with van der Waals surface area (Å²) in [6, 6.07) is 12.8. The van der Waals surface area contributed by atoms with Crippen LogP contribution in [0.1, 0.15) is 41.0 Å². The summed E-state index contributed by atoms with van der Waals surface area (Å²) < 4.78 is 5.25. The van der Waals surface area contributed by atoms with Crippen molar-refractivity contribution in [1.29, 1.82) is 0 Å². The number of carbonyl (C=O) groups excluding carboxylic acids is 3. The van der Waals surface area contributed by atoms with Gasteiger partial charge >= 0.3 is 5.97 Å². The van der Waals surface area contributed by atoms with Crippen molar-refractivity contribution in [3.63, 3.8) is 0 Å². The Morgan fingerprint density at radius 2 is 1.48 bits per heavy atom. The van der Waals surface area contributed by atoms with Crippen molar-refractivity contribution in [3.05, 3.63) is 59.7 Å². The zero-order valence-corrected chi connectivity index (χ0v) is 13.0. The fourth-order valence-electron chi connectivity index (χ4n) is 1.97. The van der Waals surface area contributed by atoms with Gasteiger partial charge in [0.15, 0.2) is 5.78 Å². The minimum atomic E-state index is -0.506. The molecule has 0 spiro atoms. The topological polar surface area (TPSA) is 72.5 Å². The van der Waals surface area contributed by atoms with Gasteiger partial charge in [0.25, 0.3) is 0 Å². The first-order valence-corrected chi connectivity index (χ1v) is 7.22. The van der Waals surface area contributed by atoms with Gasteiger partial charge in [0.2, 0.25) is 5.91 Å². The Morgan fingerprint density at radius 3 is 2.00 bits per heavy atom. The number of anilines is 1. The first kappa shape index (κ1) is 16.4. The zero-order chi connectivity index (χ0) is 16.8. The third-order valence-electron chi connectivity index (χ3n) is 3.15. The van der Waals surface area contributed by atoms with E-state index in [1.807, 2.05) is 0 Å². The Labute approximate surface area is 134 Å². The second-order valence-electron chi connectivity index (χ2n) is 4.95. The predicted molar refractivity (Wildman–Crippen MR) is 86.8 cm³/mol. The Hall–Kier alpha value is -2.95. The van der Waals surface area contributed by atoms with E-state index in [1.165, 1.54) is 6.92 Å². The van der Waals surface area contributed by atoms with E-state index in [2.05, 4.69) is 5.32 Å². The highest BCUT2D eigenvalue weighted by molar-refractivity contribution is 5.96. The van der Waals surface area contributed by atoms with Gasteiger partial charge in [0, 0.05) is 24.6 Å². The number of Topliss-reactive ketones (excluding diaryl/α,β-unsaturated/α-hetero) is 1. The number of amides is 1. The molecule has 0 unspecified atom stereocenters. The van der Waals surface area contributed by atoms with Gasteiger partial charge in [-0.25, -0.2) is 4.79 Å². The summed E-state index contributed by atoms with van der Waals surface area (Å²) in [5, 5.41) is 2.62. The molecule has 0 atom stereocenters. The molecule has 2 rings (SSSR count). The molecular weight excluding hydrogens is 294 g/mol. The average molecular weight is 311 g/mol. The van der Waals surface area contributed by atoms with Crippen molar-refractivity contribution in [2.75, 3.05) is 5.32 Å². The van der Waals surface area contributed by atoms with Gasteiger partial charge in [0.1, 0.15) is 5.75 Å². The highest BCUT2D eigenvalue weighted by Gasteiger charge is 2.10. The van der Waals surface area contributed by atoms with Gasteiger partial charge < -0.3 is 10.1 Å². The fourth-order valence-corrected chi connectivity index (χ4v) is 1.97. The van der Waals surface area contributed by atoms with Crippen LogP contribution >= 0.6 is 0 Å². The van der Waals surface area contributed by atoms with Crippen LogP contribution in [-0.4, -0.2) is 17.7 Å². The maximum absolute atomic E-state index is 12.0. The molecule has 23 heavy (non-hydrogen) atoms. The van der Waals surface area contributed by atoms with Crippen molar-refractivity contribution in [2.45, 2.75) is 20.3 Å². The van der Waals surface area contributed by atoms with Gasteiger partial charge in [-0.05, 0) is 48.5 Å². The average Bonchev–Trinajstić information content (AvgIpc) is 2.55. The van der Waals surface area contributed by atoms with Crippen molar-refractivity contribution in [1.82, 2.24) is 0 Å². The maximum atomic E-state index is 12.0. The summed E-state index contributed by atoms with van der Waals surface area (Å²) in [5.74, 6) is -0.277. The molecule has 2 aromatic carbocycles. The minimum absolute atomic E-state index is 0.0384. The largest absolute Gasteiger partial charge is 0.423 e. The van der Waals surface area contributed by atoms with Crippen LogP contribution in [0.5, 0.6) is 5.75 Å². The van der Waals surface area contributed by atoms with Crippen LogP contribution < -0.4 is 10.1 Å². The number of ketones is 1. The van der Waals surface area contributed by atoms with Gasteiger partial charge in [-0.3, -0.25) is 9.59 Å². The van der Waals surface area contributed by atoms with E-state index in [0.29, 0.717) is 29.0 Å². The van der Waals surface area contributed by atoms with Crippen molar-refractivity contribution in [3.8, 4) is 5.75 Å². The van der Waals surface area contributed by atoms with Crippen molar-refractivity contribution in [2.24, 2.45) is 0 Å². The molecule has 0 heterocycles. The lowest BCUT2D eigenvalue weighted by Crippen LogP contribution is -2.10. The third-order valence-corrected chi connectivity index (χ3v) is 3.15. The summed E-state index contributed by atoms with van der Waals surface area (Å²) in [7, 11) is 0. The molecule has 0 aliphatic heterocycles. The number of nitrogens with one attached hydrogen (secondary N) is 1. The summed E-state index contributed by atoms with van der Waals surface area (Å²) in [6.07, 6.45) is 0.430. The molecule has 5 nitrogen and oxygen atoms in total. The highest BCUT2D eigenvalue weighted by Crippen LogP contribution is 2.16. The van der Waals surface area contributed by atoms with Crippen LogP contribution in [0.3, 0.4) is 0 Å². The smallest absolute Gasteiger partial charge is 0.343 e. The SMILES string of the molecule is CCC(=O)c1ccc(OC(=O)c2ccc(NC(C)=O)cc2)cc1. The molecule has 0 fully saturated rings. The third kappa shape index (κ3) is 4.51. The molecule has 0 aliphatic rings. The maximum Gasteiger partial charge on any atom is 0.343 e. The standard InChI is InChI=1S/C18H17NO4/c1-3-17(21)13-6-10-16(11-7-13)23-18(22)14-4-8-15(9-5-14)19-12(2)20/h4-11H,3H2,1-2H3,(H,19,20). The number of esters is 1. The molecule has 118 valence electrons. The Balaban J connectivity index is 2.03. The molecule has 1 amide bonds. The molecule has 5 heteroatoms. The van der Waals surface area contributed by atoms with Crippen molar-refractivity contribution < 1.29 is 19.1 Å². The number of hydrogen-bond acceptors (Lipinski definition) is 4.